The van der Waals surface area contributed by atoms with Crippen LogP contribution in [0.5, 0.6) is 5.75 Å². The van der Waals surface area contributed by atoms with Crippen LogP contribution in [-0.2, 0) is 19.4 Å². The fourth-order valence-electron chi connectivity index (χ4n) is 2.96. The van der Waals surface area contributed by atoms with Crippen molar-refractivity contribution >= 4 is 27.3 Å². The molecule has 2 aliphatic rings. The fraction of sp³-hybridized carbons (Fsp3) is 0.500. The summed E-state index contributed by atoms with van der Waals surface area (Å²) in [6, 6.07) is 6.74. The van der Waals surface area contributed by atoms with Crippen molar-refractivity contribution in [3.8, 4) is 5.75 Å². The summed E-state index contributed by atoms with van der Waals surface area (Å²) in [5.41, 5.74) is 0.568. The van der Waals surface area contributed by atoms with E-state index in [1.807, 2.05) is 0 Å². The van der Waals surface area contributed by atoms with E-state index in [1.165, 1.54) is 7.11 Å². The van der Waals surface area contributed by atoms with E-state index in [9.17, 15) is 18.0 Å². The third kappa shape index (κ3) is 3.69. The summed E-state index contributed by atoms with van der Waals surface area (Å²) in [5.74, 6) is -0.570. The van der Waals surface area contributed by atoms with Gasteiger partial charge in [0.1, 0.15) is 5.75 Å². The molecule has 0 aromatic heterocycles. The van der Waals surface area contributed by atoms with E-state index in [1.54, 1.807) is 24.3 Å². The number of carbonyl (C=O) groups is 2. The Morgan fingerprint density at radius 1 is 1.17 bits per heavy atom. The Bertz CT molecular complexity index is 761. The number of rotatable bonds is 5. The molecule has 2 N–H and O–H groups in total. The maximum Gasteiger partial charge on any atom is 0.228 e. The highest BCUT2D eigenvalue weighted by Crippen LogP contribution is 2.40. The smallest absolute Gasteiger partial charge is 0.228 e. The number of para-hydroxylation sites is 2. The number of benzene rings is 1. The van der Waals surface area contributed by atoms with Crippen LogP contribution in [0.2, 0.25) is 0 Å². The molecule has 1 aliphatic carbocycles. The lowest BCUT2D eigenvalue weighted by Crippen LogP contribution is -2.37. The van der Waals surface area contributed by atoms with Crippen molar-refractivity contribution in [1.29, 1.82) is 0 Å². The second-order valence-electron chi connectivity index (χ2n) is 6.25. The van der Waals surface area contributed by atoms with Crippen molar-refractivity contribution < 1.29 is 22.7 Å². The van der Waals surface area contributed by atoms with E-state index in [2.05, 4.69) is 10.6 Å². The molecule has 1 heterocycles. The van der Waals surface area contributed by atoms with Gasteiger partial charge in [0, 0.05) is 6.04 Å². The third-order valence-electron chi connectivity index (χ3n) is 4.41. The van der Waals surface area contributed by atoms with Crippen LogP contribution in [0.3, 0.4) is 0 Å². The molecule has 0 bridgehead atoms. The Kier molecular flexibility index (Phi) is 4.49. The number of ether oxygens (including phenoxy) is 1. The largest absolute Gasteiger partial charge is 0.495 e. The lowest BCUT2D eigenvalue weighted by molar-refractivity contribution is -0.125. The van der Waals surface area contributed by atoms with Crippen LogP contribution in [-0.4, -0.2) is 44.9 Å². The zero-order chi connectivity index (χ0) is 17.3. The first-order chi connectivity index (χ1) is 11.4. The second kappa shape index (κ2) is 6.43. The molecule has 1 aromatic rings. The predicted molar refractivity (Wildman–Crippen MR) is 88.4 cm³/mol. The standard InChI is InChI=1S/C16H20N2O5S/c1-23-14-5-3-2-4-13(14)18-16(20)12-8-11(12)15(19)17-10-6-7-24(21,22)9-10/h2-5,10-12H,6-9H2,1H3,(H,17,19)(H,18,20). The van der Waals surface area contributed by atoms with Gasteiger partial charge in [0.25, 0.3) is 0 Å². The minimum atomic E-state index is -3.03. The molecule has 1 aliphatic heterocycles. The van der Waals surface area contributed by atoms with Crippen molar-refractivity contribution in [2.75, 3.05) is 23.9 Å². The highest BCUT2D eigenvalue weighted by molar-refractivity contribution is 7.91. The first kappa shape index (κ1) is 16.8. The average Bonchev–Trinajstić information content (AvgIpc) is 3.27. The molecular weight excluding hydrogens is 332 g/mol. The molecule has 2 amide bonds. The molecule has 1 saturated carbocycles. The number of hydrogen-bond acceptors (Lipinski definition) is 5. The number of methoxy groups -OCH3 is 1. The lowest BCUT2D eigenvalue weighted by atomic mass is 10.2. The van der Waals surface area contributed by atoms with Gasteiger partial charge in [-0.25, -0.2) is 8.42 Å². The van der Waals surface area contributed by atoms with Crippen molar-refractivity contribution in [3.05, 3.63) is 24.3 Å². The molecule has 1 aromatic carbocycles. The van der Waals surface area contributed by atoms with E-state index in [4.69, 9.17) is 4.74 Å². The van der Waals surface area contributed by atoms with Gasteiger partial charge < -0.3 is 15.4 Å². The normalized spacial score (nSPS) is 27.3. The summed E-state index contributed by atoms with van der Waals surface area (Å²) < 4.78 is 28.0. The number of hydrogen-bond donors (Lipinski definition) is 2. The fourth-order valence-corrected chi connectivity index (χ4v) is 4.64. The summed E-state index contributed by atoms with van der Waals surface area (Å²) in [4.78, 5) is 24.4. The van der Waals surface area contributed by atoms with Gasteiger partial charge in [-0.3, -0.25) is 9.59 Å². The van der Waals surface area contributed by atoms with Gasteiger partial charge in [-0.1, -0.05) is 12.1 Å². The van der Waals surface area contributed by atoms with Crippen molar-refractivity contribution in [3.63, 3.8) is 0 Å². The Morgan fingerprint density at radius 3 is 2.54 bits per heavy atom. The molecule has 3 atom stereocenters. The maximum absolute atomic E-state index is 12.3. The first-order valence-corrected chi connectivity index (χ1v) is 9.66. The van der Waals surface area contributed by atoms with E-state index >= 15 is 0 Å². The predicted octanol–water partition coefficient (Wildman–Crippen LogP) is 0.573. The van der Waals surface area contributed by atoms with Crippen LogP contribution in [0.25, 0.3) is 0 Å². The summed E-state index contributed by atoms with van der Waals surface area (Å²) in [5, 5.41) is 5.52. The molecule has 0 radical (unpaired) electrons. The minimum Gasteiger partial charge on any atom is -0.495 e. The number of amides is 2. The van der Waals surface area contributed by atoms with Gasteiger partial charge in [0.05, 0.1) is 36.1 Å². The van der Waals surface area contributed by atoms with Crippen LogP contribution in [0, 0.1) is 11.8 Å². The highest BCUT2D eigenvalue weighted by Gasteiger charge is 2.48. The third-order valence-corrected chi connectivity index (χ3v) is 6.18. The zero-order valence-electron chi connectivity index (χ0n) is 13.3. The van der Waals surface area contributed by atoms with Gasteiger partial charge in [-0.15, -0.1) is 0 Å². The van der Waals surface area contributed by atoms with Crippen molar-refractivity contribution in [2.24, 2.45) is 11.8 Å². The molecule has 24 heavy (non-hydrogen) atoms. The van der Waals surface area contributed by atoms with E-state index in [0.717, 1.165) is 0 Å². The molecule has 3 rings (SSSR count). The Morgan fingerprint density at radius 2 is 1.88 bits per heavy atom. The van der Waals surface area contributed by atoms with Crippen LogP contribution in [0.4, 0.5) is 5.69 Å². The second-order valence-corrected chi connectivity index (χ2v) is 8.48. The van der Waals surface area contributed by atoms with Gasteiger partial charge >= 0.3 is 0 Å². The molecule has 0 spiro atoms. The minimum absolute atomic E-state index is 0.0104. The molecule has 7 nitrogen and oxygen atoms in total. The molecule has 8 heteroatoms. The van der Waals surface area contributed by atoms with Crippen LogP contribution in [0.15, 0.2) is 24.3 Å². The molecule has 1 saturated heterocycles. The number of nitrogens with one attached hydrogen (secondary N) is 2. The van der Waals surface area contributed by atoms with Crippen LogP contribution in [0.1, 0.15) is 12.8 Å². The summed E-state index contributed by atoms with van der Waals surface area (Å²) in [7, 11) is -1.51. The Balaban J connectivity index is 1.53. The lowest BCUT2D eigenvalue weighted by Gasteiger charge is -2.11. The quantitative estimate of drug-likeness (QED) is 0.807. The van der Waals surface area contributed by atoms with Gasteiger partial charge in [-0.05, 0) is 25.0 Å². The molecule has 2 fully saturated rings. The van der Waals surface area contributed by atoms with E-state index in [-0.39, 0.29) is 41.2 Å². The summed E-state index contributed by atoms with van der Waals surface area (Å²) >= 11 is 0. The number of anilines is 1. The number of carbonyl (C=O) groups excluding carboxylic acids is 2. The Hall–Kier alpha value is -2.09. The van der Waals surface area contributed by atoms with Crippen molar-refractivity contribution in [1.82, 2.24) is 5.32 Å². The van der Waals surface area contributed by atoms with E-state index in [0.29, 0.717) is 24.3 Å². The Labute approximate surface area is 140 Å². The van der Waals surface area contributed by atoms with Gasteiger partial charge in [0.15, 0.2) is 9.84 Å². The molecular formula is C16H20N2O5S. The molecule has 3 unspecified atom stereocenters. The summed E-state index contributed by atoms with van der Waals surface area (Å²) in [6.07, 6.45) is 0.922. The SMILES string of the molecule is COc1ccccc1NC(=O)C1CC1C(=O)NC1CCS(=O)(=O)C1. The van der Waals surface area contributed by atoms with E-state index < -0.39 is 9.84 Å². The monoisotopic (exact) mass is 352 g/mol. The summed E-state index contributed by atoms with van der Waals surface area (Å²) in [6.45, 7) is 0. The topological polar surface area (TPSA) is 102 Å². The van der Waals surface area contributed by atoms with Crippen molar-refractivity contribution in [2.45, 2.75) is 18.9 Å². The highest BCUT2D eigenvalue weighted by atomic mass is 32.2. The maximum atomic E-state index is 12.3. The van der Waals surface area contributed by atoms with Gasteiger partial charge in [-0.2, -0.15) is 0 Å². The van der Waals surface area contributed by atoms with Crippen LogP contribution < -0.4 is 15.4 Å². The van der Waals surface area contributed by atoms with Crippen LogP contribution >= 0.6 is 0 Å². The number of sulfone groups is 1. The average molecular weight is 352 g/mol. The van der Waals surface area contributed by atoms with Gasteiger partial charge in [0.2, 0.25) is 11.8 Å². The zero-order valence-corrected chi connectivity index (χ0v) is 14.1. The molecule has 130 valence electrons. The first-order valence-electron chi connectivity index (χ1n) is 7.84.